The Morgan fingerprint density at radius 3 is 2.86 bits per heavy atom. The average molecular weight is 191 g/mol. The Bertz CT molecular complexity index is 269. The van der Waals surface area contributed by atoms with E-state index in [1.165, 1.54) is 5.56 Å². The molecule has 0 N–H and O–H groups in total. The lowest BCUT2D eigenvalue weighted by Crippen LogP contribution is -1.91. The molecule has 0 atom stereocenters. The van der Waals surface area contributed by atoms with Gasteiger partial charge in [-0.3, -0.25) is 4.98 Å². The molecule has 76 valence electrons. The van der Waals surface area contributed by atoms with E-state index in [0.717, 1.165) is 32.1 Å². The number of aromatic nitrogens is 1. The van der Waals surface area contributed by atoms with Crippen LogP contribution in [-0.2, 0) is 11.2 Å². The van der Waals surface area contributed by atoms with Gasteiger partial charge >= 0.3 is 0 Å². The van der Waals surface area contributed by atoms with Gasteiger partial charge in [-0.15, -0.1) is 0 Å². The summed E-state index contributed by atoms with van der Waals surface area (Å²) in [6.07, 6.45) is 8.81. The van der Waals surface area contributed by atoms with Crippen LogP contribution >= 0.6 is 0 Å². The van der Waals surface area contributed by atoms with E-state index in [1.807, 2.05) is 12.3 Å². The molecule has 1 aromatic rings. The number of rotatable bonds is 6. The van der Waals surface area contributed by atoms with Gasteiger partial charge in [0.2, 0.25) is 0 Å². The highest BCUT2D eigenvalue weighted by Gasteiger charge is 1.95. The Balaban J connectivity index is 2.08. The SMILES string of the molecule is CC(=O)CCCCCc1cccnc1. The van der Waals surface area contributed by atoms with Gasteiger partial charge in [0.25, 0.3) is 0 Å². The van der Waals surface area contributed by atoms with Crippen LogP contribution in [0.3, 0.4) is 0 Å². The Labute approximate surface area is 85.4 Å². The lowest BCUT2D eigenvalue weighted by molar-refractivity contribution is -0.117. The van der Waals surface area contributed by atoms with Crippen molar-refractivity contribution in [1.82, 2.24) is 4.98 Å². The minimum absolute atomic E-state index is 0.298. The van der Waals surface area contributed by atoms with Crippen molar-refractivity contribution >= 4 is 5.78 Å². The molecule has 0 aliphatic carbocycles. The fourth-order valence-electron chi connectivity index (χ4n) is 1.43. The van der Waals surface area contributed by atoms with Crippen LogP contribution in [0.5, 0.6) is 0 Å². The first-order valence-electron chi connectivity index (χ1n) is 5.17. The van der Waals surface area contributed by atoms with E-state index in [4.69, 9.17) is 0 Å². The second kappa shape index (κ2) is 6.30. The molecule has 0 fully saturated rings. The molecule has 0 saturated heterocycles. The fraction of sp³-hybridized carbons (Fsp3) is 0.500. The van der Waals surface area contributed by atoms with Gasteiger partial charge in [0.1, 0.15) is 5.78 Å². The van der Waals surface area contributed by atoms with E-state index in [1.54, 1.807) is 13.1 Å². The Morgan fingerprint density at radius 2 is 2.21 bits per heavy atom. The third kappa shape index (κ3) is 4.75. The van der Waals surface area contributed by atoms with Crippen LogP contribution in [0.15, 0.2) is 24.5 Å². The summed E-state index contributed by atoms with van der Waals surface area (Å²) in [5, 5.41) is 0. The monoisotopic (exact) mass is 191 g/mol. The van der Waals surface area contributed by atoms with Gasteiger partial charge in [-0.1, -0.05) is 12.5 Å². The molecule has 0 amide bonds. The fourth-order valence-corrected chi connectivity index (χ4v) is 1.43. The van der Waals surface area contributed by atoms with Crippen molar-refractivity contribution < 1.29 is 4.79 Å². The molecule has 0 aliphatic heterocycles. The van der Waals surface area contributed by atoms with Crippen LogP contribution in [0.4, 0.5) is 0 Å². The van der Waals surface area contributed by atoms with E-state index in [0.29, 0.717) is 5.78 Å². The van der Waals surface area contributed by atoms with E-state index in [-0.39, 0.29) is 0 Å². The molecule has 0 bridgehead atoms. The molecule has 0 radical (unpaired) electrons. The van der Waals surface area contributed by atoms with E-state index in [9.17, 15) is 4.79 Å². The lowest BCUT2D eigenvalue weighted by Gasteiger charge is -1.99. The zero-order chi connectivity index (χ0) is 10.2. The quantitative estimate of drug-likeness (QED) is 0.647. The summed E-state index contributed by atoms with van der Waals surface area (Å²) in [7, 11) is 0. The molecule has 14 heavy (non-hydrogen) atoms. The topological polar surface area (TPSA) is 30.0 Å². The highest BCUT2D eigenvalue weighted by atomic mass is 16.1. The molecular formula is C12H17NO. The number of carbonyl (C=O) groups excluding carboxylic acids is 1. The summed E-state index contributed by atoms with van der Waals surface area (Å²) in [5.74, 6) is 0.298. The Hall–Kier alpha value is -1.18. The molecule has 0 spiro atoms. The molecule has 2 heteroatoms. The van der Waals surface area contributed by atoms with Crippen molar-refractivity contribution in [3.63, 3.8) is 0 Å². The predicted molar refractivity (Wildman–Crippen MR) is 57.1 cm³/mol. The molecule has 0 aromatic carbocycles. The van der Waals surface area contributed by atoms with Crippen LogP contribution in [-0.4, -0.2) is 10.8 Å². The van der Waals surface area contributed by atoms with Gasteiger partial charge in [0.05, 0.1) is 0 Å². The van der Waals surface area contributed by atoms with Crippen molar-refractivity contribution in [3.8, 4) is 0 Å². The van der Waals surface area contributed by atoms with Gasteiger partial charge in [-0.2, -0.15) is 0 Å². The summed E-state index contributed by atoms with van der Waals surface area (Å²) >= 11 is 0. The molecule has 2 nitrogen and oxygen atoms in total. The zero-order valence-electron chi connectivity index (χ0n) is 8.70. The number of aryl methyl sites for hydroxylation is 1. The summed E-state index contributed by atoms with van der Waals surface area (Å²) < 4.78 is 0. The van der Waals surface area contributed by atoms with E-state index < -0.39 is 0 Å². The van der Waals surface area contributed by atoms with Gasteiger partial charge in [0.15, 0.2) is 0 Å². The number of hydrogen-bond donors (Lipinski definition) is 0. The van der Waals surface area contributed by atoms with Gasteiger partial charge in [-0.25, -0.2) is 0 Å². The lowest BCUT2D eigenvalue weighted by atomic mass is 10.1. The Kier molecular flexibility index (Phi) is 4.90. The molecule has 0 unspecified atom stereocenters. The summed E-state index contributed by atoms with van der Waals surface area (Å²) in [6, 6.07) is 4.06. The van der Waals surface area contributed by atoms with Gasteiger partial charge in [0, 0.05) is 18.8 Å². The number of carbonyl (C=O) groups is 1. The summed E-state index contributed by atoms with van der Waals surface area (Å²) in [5.41, 5.74) is 1.29. The van der Waals surface area contributed by atoms with Gasteiger partial charge < -0.3 is 4.79 Å². The molecule has 0 aliphatic rings. The maximum atomic E-state index is 10.7. The van der Waals surface area contributed by atoms with E-state index in [2.05, 4.69) is 11.1 Å². The zero-order valence-corrected chi connectivity index (χ0v) is 8.70. The van der Waals surface area contributed by atoms with Crippen molar-refractivity contribution in [2.24, 2.45) is 0 Å². The largest absolute Gasteiger partial charge is 0.300 e. The molecule has 1 aromatic heterocycles. The van der Waals surface area contributed by atoms with Crippen LogP contribution < -0.4 is 0 Å². The third-order valence-corrected chi connectivity index (χ3v) is 2.22. The highest BCUT2D eigenvalue weighted by Crippen LogP contribution is 2.06. The number of unbranched alkanes of at least 4 members (excludes halogenated alkanes) is 2. The second-order valence-electron chi connectivity index (χ2n) is 3.62. The van der Waals surface area contributed by atoms with Crippen LogP contribution in [0, 0.1) is 0 Å². The highest BCUT2D eigenvalue weighted by molar-refractivity contribution is 5.75. The maximum Gasteiger partial charge on any atom is 0.129 e. The average Bonchev–Trinajstić information content (AvgIpc) is 2.18. The van der Waals surface area contributed by atoms with Crippen molar-refractivity contribution in [2.75, 3.05) is 0 Å². The van der Waals surface area contributed by atoms with Crippen molar-refractivity contribution in [3.05, 3.63) is 30.1 Å². The summed E-state index contributed by atoms with van der Waals surface area (Å²) in [4.78, 5) is 14.7. The van der Waals surface area contributed by atoms with E-state index >= 15 is 0 Å². The normalized spacial score (nSPS) is 10.1. The number of ketones is 1. The molecule has 0 saturated carbocycles. The van der Waals surface area contributed by atoms with Crippen LogP contribution in [0.1, 0.15) is 38.2 Å². The smallest absolute Gasteiger partial charge is 0.129 e. The first-order valence-corrected chi connectivity index (χ1v) is 5.17. The number of hydrogen-bond acceptors (Lipinski definition) is 2. The molecule has 1 rings (SSSR count). The standard InChI is InChI=1S/C12H17NO/c1-11(14)6-3-2-4-7-12-8-5-9-13-10-12/h5,8-10H,2-4,6-7H2,1H3. The first kappa shape index (κ1) is 10.9. The van der Waals surface area contributed by atoms with Crippen LogP contribution in [0.2, 0.25) is 0 Å². The maximum absolute atomic E-state index is 10.7. The minimum atomic E-state index is 0.298. The number of nitrogens with zero attached hydrogens (tertiary/aromatic N) is 1. The summed E-state index contributed by atoms with van der Waals surface area (Å²) in [6.45, 7) is 1.65. The Morgan fingerprint density at radius 1 is 1.36 bits per heavy atom. The second-order valence-corrected chi connectivity index (χ2v) is 3.62. The molecule has 1 heterocycles. The number of Topliss-reactive ketones (excluding diaryl/α,β-unsaturated/α-hetero) is 1. The minimum Gasteiger partial charge on any atom is -0.300 e. The van der Waals surface area contributed by atoms with Crippen LogP contribution in [0.25, 0.3) is 0 Å². The predicted octanol–water partition coefficient (Wildman–Crippen LogP) is 2.77. The van der Waals surface area contributed by atoms with Crippen molar-refractivity contribution in [1.29, 1.82) is 0 Å². The van der Waals surface area contributed by atoms with Gasteiger partial charge in [-0.05, 0) is 37.8 Å². The first-order chi connectivity index (χ1) is 6.79. The van der Waals surface area contributed by atoms with Crippen molar-refractivity contribution in [2.45, 2.75) is 39.0 Å². The molecular weight excluding hydrogens is 174 g/mol. The third-order valence-electron chi connectivity index (χ3n) is 2.22. The number of pyridine rings is 1.